The molecular formula is C12H20. The Bertz CT molecular complexity index is 194. The molecule has 2 aliphatic rings. The largest absolute Gasteiger partial charge is 0.103 e. The van der Waals surface area contributed by atoms with Gasteiger partial charge in [-0.05, 0) is 41.9 Å². The van der Waals surface area contributed by atoms with E-state index >= 15 is 0 Å². The molecule has 0 aromatic carbocycles. The summed E-state index contributed by atoms with van der Waals surface area (Å²) in [6, 6.07) is 0. The summed E-state index contributed by atoms with van der Waals surface area (Å²) >= 11 is 0. The summed E-state index contributed by atoms with van der Waals surface area (Å²) in [5.41, 5.74) is 0. The fraction of sp³-hybridized carbons (Fsp3) is 0.833. The van der Waals surface area contributed by atoms with Crippen molar-refractivity contribution >= 4 is 0 Å². The maximum Gasteiger partial charge on any atom is -0.0177 e. The van der Waals surface area contributed by atoms with Crippen LogP contribution in [0.5, 0.6) is 0 Å². The molecule has 12 heavy (non-hydrogen) atoms. The first-order valence-corrected chi connectivity index (χ1v) is 5.29. The van der Waals surface area contributed by atoms with E-state index in [4.69, 9.17) is 0 Å². The Morgan fingerprint density at radius 3 is 2.08 bits per heavy atom. The smallest absolute Gasteiger partial charge is 0.0177 e. The fourth-order valence-electron chi connectivity index (χ4n) is 3.79. The zero-order chi connectivity index (χ0) is 8.88. The summed E-state index contributed by atoms with van der Waals surface area (Å²) < 4.78 is 0. The van der Waals surface area contributed by atoms with E-state index in [1.165, 1.54) is 6.42 Å². The van der Waals surface area contributed by atoms with Gasteiger partial charge in [0.05, 0.1) is 0 Å². The van der Waals surface area contributed by atoms with Gasteiger partial charge in [0.25, 0.3) is 0 Å². The van der Waals surface area contributed by atoms with E-state index in [1.807, 2.05) is 0 Å². The number of rotatable bonds is 1. The van der Waals surface area contributed by atoms with E-state index < -0.39 is 0 Å². The second-order valence-electron chi connectivity index (χ2n) is 4.95. The molecule has 6 unspecified atom stereocenters. The van der Waals surface area contributed by atoms with Crippen LogP contribution in [0.25, 0.3) is 0 Å². The fourth-order valence-corrected chi connectivity index (χ4v) is 3.79. The van der Waals surface area contributed by atoms with Crippen LogP contribution in [0.4, 0.5) is 0 Å². The molecule has 0 spiro atoms. The predicted octanol–water partition coefficient (Wildman–Crippen LogP) is 3.35. The summed E-state index contributed by atoms with van der Waals surface area (Å²) in [4.78, 5) is 0. The van der Waals surface area contributed by atoms with Crippen LogP contribution in [0.2, 0.25) is 0 Å². The summed E-state index contributed by atoms with van der Waals surface area (Å²) in [5.74, 6) is 5.57. The van der Waals surface area contributed by atoms with Gasteiger partial charge < -0.3 is 0 Å². The molecule has 0 amide bonds. The Kier molecular flexibility index (Phi) is 1.82. The normalized spacial score (nSPS) is 57.6. The Morgan fingerprint density at radius 1 is 1.00 bits per heavy atom. The average Bonchev–Trinajstić information content (AvgIpc) is 2.51. The lowest BCUT2D eigenvalue weighted by atomic mass is 9.70. The van der Waals surface area contributed by atoms with Crippen LogP contribution in [-0.4, -0.2) is 0 Å². The highest BCUT2D eigenvalue weighted by atomic mass is 14.6. The Balaban J connectivity index is 2.23. The van der Waals surface area contributed by atoms with Gasteiger partial charge in [-0.3, -0.25) is 0 Å². The van der Waals surface area contributed by atoms with E-state index in [9.17, 15) is 0 Å². The van der Waals surface area contributed by atoms with Crippen LogP contribution in [0.15, 0.2) is 12.7 Å². The summed E-state index contributed by atoms with van der Waals surface area (Å²) in [7, 11) is 0. The van der Waals surface area contributed by atoms with Crippen molar-refractivity contribution in [3.8, 4) is 0 Å². The third-order valence-electron chi connectivity index (χ3n) is 4.77. The zero-order valence-electron chi connectivity index (χ0n) is 8.46. The maximum atomic E-state index is 3.97. The minimum atomic E-state index is 0.821. The molecule has 0 N–H and O–H groups in total. The van der Waals surface area contributed by atoms with Gasteiger partial charge in [-0.25, -0.2) is 0 Å². The quantitative estimate of drug-likeness (QED) is 0.521. The summed E-state index contributed by atoms with van der Waals surface area (Å²) in [6.45, 7) is 11.3. The number of hydrogen-bond acceptors (Lipinski definition) is 0. The standard InChI is InChI=1S/C12H20/c1-5-10-9(4)11-6-12(10)8(3)7(11)2/h5,7-12H,1,6H2,2-4H3. The molecule has 0 aromatic rings. The second kappa shape index (κ2) is 2.61. The molecule has 0 heterocycles. The first kappa shape index (κ1) is 8.34. The molecular weight excluding hydrogens is 144 g/mol. The molecule has 0 nitrogen and oxygen atoms in total. The van der Waals surface area contributed by atoms with Crippen LogP contribution in [-0.2, 0) is 0 Å². The van der Waals surface area contributed by atoms with Crippen molar-refractivity contribution in [1.82, 2.24) is 0 Å². The van der Waals surface area contributed by atoms with Gasteiger partial charge in [0.15, 0.2) is 0 Å². The van der Waals surface area contributed by atoms with Gasteiger partial charge in [0, 0.05) is 0 Å². The molecule has 0 radical (unpaired) electrons. The topological polar surface area (TPSA) is 0 Å². The third kappa shape index (κ3) is 0.841. The van der Waals surface area contributed by atoms with Crippen molar-refractivity contribution in [2.24, 2.45) is 35.5 Å². The first-order chi connectivity index (χ1) is 5.66. The van der Waals surface area contributed by atoms with Gasteiger partial charge in [-0.15, -0.1) is 6.58 Å². The lowest BCUT2D eigenvalue weighted by Gasteiger charge is -2.35. The molecule has 2 aliphatic carbocycles. The Labute approximate surface area is 76.1 Å². The van der Waals surface area contributed by atoms with Gasteiger partial charge >= 0.3 is 0 Å². The van der Waals surface area contributed by atoms with Crippen molar-refractivity contribution in [2.45, 2.75) is 27.2 Å². The second-order valence-corrected chi connectivity index (χ2v) is 4.95. The Hall–Kier alpha value is -0.260. The monoisotopic (exact) mass is 164 g/mol. The van der Waals surface area contributed by atoms with E-state index in [-0.39, 0.29) is 0 Å². The molecule has 2 rings (SSSR count). The number of allylic oxidation sites excluding steroid dienone is 1. The van der Waals surface area contributed by atoms with Crippen molar-refractivity contribution in [3.63, 3.8) is 0 Å². The van der Waals surface area contributed by atoms with Crippen LogP contribution in [0, 0.1) is 35.5 Å². The lowest BCUT2D eigenvalue weighted by molar-refractivity contribution is 0.157. The van der Waals surface area contributed by atoms with E-state index in [1.54, 1.807) is 0 Å². The molecule has 2 fully saturated rings. The maximum absolute atomic E-state index is 3.97. The van der Waals surface area contributed by atoms with Crippen molar-refractivity contribution < 1.29 is 0 Å². The summed E-state index contributed by atoms with van der Waals surface area (Å²) in [6.07, 6.45) is 3.68. The van der Waals surface area contributed by atoms with E-state index in [2.05, 4.69) is 33.4 Å². The molecule has 0 heteroatoms. The van der Waals surface area contributed by atoms with Gasteiger partial charge in [-0.2, -0.15) is 0 Å². The molecule has 0 saturated heterocycles. The van der Waals surface area contributed by atoms with Gasteiger partial charge in [-0.1, -0.05) is 26.8 Å². The average molecular weight is 164 g/mol. The van der Waals surface area contributed by atoms with E-state index in [0.717, 1.165) is 35.5 Å². The SMILES string of the molecule is C=CC1C(C)C2CC1C(C)C2C. The molecule has 6 atom stereocenters. The van der Waals surface area contributed by atoms with Crippen LogP contribution in [0.3, 0.4) is 0 Å². The summed E-state index contributed by atoms with van der Waals surface area (Å²) in [5, 5.41) is 0. The number of hydrogen-bond donors (Lipinski definition) is 0. The minimum absolute atomic E-state index is 0.821. The van der Waals surface area contributed by atoms with Crippen molar-refractivity contribution in [2.75, 3.05) is 0 Å². The lowest BCUT2D eigenvalue weighted by Crippen LogP contribution is -2.29. The van der Waals surface area contributed by atoms with Crippen molar-refractivity contribution in [3.05, 3.63) is 12.7 Å². The number of fused-ring (bicyclic) bond motifs is 2. The highest BCUT2D eigenvalue weighted by Gasteiger charge is 2.51. The van der Waals surface area contributed by atoms with Gasteiger partial charge in [0.1, 0.15) is 0 Å². The highest BCUT2D eigenvalue weighted by Crippen LogP contribution is 2.58. The zero-order valence-corrected chi connectivity index (χ0v) is 8.46. The molecule has 0 aliphatic heterocycles. The third-order valence-corrected chi connectivity index (χ3v) is 4.77. The van der Waals surface area contributed by atoms with Gasteiger partial charge in [0.2, 0.25) is 0 Å². The van der Waals surface area contributed by atoms with Crippen LogP contribution in [0.1, 0.15) is 27.2 Å². The van der Waals surface area contributed by atoms with Crippen molar-refractivity contribution in [1.29, 1.82) is 0 Å². The molecule has 68 valence electrons. The highest BCUT2D eigenvalue weighted by molar-refractivity contribution is 5.06. The van der Waals surface area contributed by atoms with Crippen LogP contribution >= 0.6 is 0 Å². The minimum Gasteiger partial charge on any atom is -0.103 e. The molecule has 0 aromatic heterocycles. The first-order valence-electron chi connectivity index (χ1n) is 5.29. The molecule has 2 saturated carbocycles. The Morgan fingerprint density at radius 2 is 1.58 bits per heavy atom. The van der Waals surface area contributed by atoms with Crippen LogP contribution < -0.4 is 0 Å². The molecule has 2 bridgehead atoms. The van der Waals surface area contributed by atoms with E-state index in [0.29, 0.717) is 0 Å². The predicted molar refractivity (Wildman–Crippen MR) is 52.8 cm³/mol.